The molecule has 0 aromatic heterocycles. The van der Waals surface area contributed by atoms with E-state index in [0.717, 1.165) is 38.5 Å². The minimum absolute atomic E-state index is 0.197. The first kappa shape index (κ1) is 41.0. The molecule has 0 aliphatic heterocycles. The number of rotatable bonds is 30. The van der Waals surface area contributed by atoms with Gasteiger partial charge in [-0.15, -0.1) is 0 Å². The molecule has 5 heteroatoms. The summed E-state index contributed by atoms with van der Waals surface area (Å²) in [5.74, 6) is -0.589. The molecule has 0 saturated carbocycles. The minimum Gasteiger partial charge on any atom is -0.394 e. The fourth-order valence-electron chi connectivity index (χ4n) is 4.73. The molecule has 0 aromatic rings. The van der Waals surface area contributed by atoms with Crippen LogP contribution in [-0.4, -0.2) is 46.1 Å². The number of amides is 1. The van der Waals surface area contributed by atoms with E-state index in [1.807, 2.05) is 12.2 Å². The van der Waals surface area contributed by atoms with E-state index in [1.165, 1.54) is 89.9 Å². The number of carbonyl (C=O) groups excluding carboxylic acids is 1. The number of aliphatic hydroxyl groups is 3. The minimum atomic E-state index is -1.21. The molecule has 248 valence electrons. The number of hydrogen-bond acceptors (Lipinski definition) is 4. The molecule has 0 aliphatic carbocycles. The second kappa shape index (κ2) is 33.0. The average molecular weight is 602 g/mol. The highest BCUT2D eigenvalue weighted by molar-refractivity contribution is 5.81. The second-order valence-electron chi connectivity index (χ2n) is 11.7. The van der Waals surface area contributed by atoms with Crippen molar-refractivity contribution in [3.05, 3.63) is 60.8 Å². The molecule has 3 unspecified atom stereocenters. The van der Waals surface area contributed by atoms with Gasteiger partial charge in [0.05, 0.1) is 18.8 Å². The Balaban J connectivity index is 3.96. The smallest absolute Gasteiger partial charge is 0.249 e. The van der Waals surface area contributed by atoms with Crippen LogP contribution in [0.25, 0.3) is 0 Å². The van der Waals surface area contributed by atoms with Gasteiger partial charge in [0, 0.05) is 6.42 Å². The molecule has 0 saturated heterocycles. The fraction of sp³-hybridized carbons (Fsp3) is 0.711. The van der Waals surface area contributed by atoms with Crippen molar-refractivity contribution in [2.45, 2.75) is 167 Å². The zero-order chi connectivity index (χ0) is 31.6. The van der Waals surface area contributed by atoms with Crippen molar-refractivity contribution in [1.29, 1.82) is 0 Å². The van der Waals surface area contributed by atoms with E-state index in [9.17, 15) is 20.1 Å². The van der Waals surface area contributed by atoms with E-state index in [-0.39, 0.29) is 6.42 Å². The maximum absolute atomic E-state index is 12.3. The molecular formula is C38H67NO4. The Labute approximate surface area is 265 Å². The summed E-state index contributed by atoms with van der Waals surface area (Å²) in [6, 6.07) is -0.851. The average Bonchev–Trinajstić information content (AvgIpc) is 3.01. The molecule has 0 fully saturated rings. The van der Waals surface area contributed by atoms with Gasteiger partial charge < -0.3 is 20.6 Å². The lowest BCUT2D eigenvalue weighted by atomic mass is 10.1. The van der Waals surface area contributed by atoms with Crippen molar-refractivity contribution in [2.24, 2.45) is 0 Å². The Morgan fingerprint density at radius 2 is 1.02 bits per heavy atom. The van der Waals surface area contributed by atoms with Gasteiger partial charge in [-0.25, -0.2) is 0 Å². The highest BCUT2D eigenvalue weighted by atomic mass is 16.3. The lowest BCUT2D eigenvalue weighted by molar-refractivity contribution is -0.131. The lowest BCUT2D eigenvalue weighted by Crippen LogP contribution is -2.48. The van der Waals surface area contributed by atoms with Gasteiger partial charge in [-0.2, -0.15) is 0 Å². The predicted octanol–water partition coefficient (Wildman–Crippen LogP) is 9.20. The Morgan fingerprint density at radius 1 is 0.581 bits per heavy atom. The van der Waals surface area contributed by atoms with Gasteiger partial charge in [0.15, 0.2) is 0 Å². The third kappa shape index (κ3) is 28.6. The SMILES string of the molecule is CCCCCCCC/C=C\C/C=C\CC(O)C(=O)NC(CO)C(O)/C=C/CC/C=C/CC/C=C/CCCCCCCCC. The quantitative estimate of drug-likeness (QED) is 0.0488. The van der Waals surface area contributed by atoms with Crippen molar-refractivity contribution >= 4 is 5.91 Å². The molecule has 43 heavy (non-hydrogen) atoms. The summed E-state index contributed by atoms with van der Waals surface area (Å²) in [5.41, 5.74) is 0. The van der Waals surface area contributed by atoms with Gasteiger partial charge in [0.1, 0.15) is 6.10 Å². The third-order valence-electron chi connectivity index (χ3n) is 7.57. The van der Waals surface area contributed by atoms with E-state index in [4.69, 9.17) is 0 Å². The molecule has 0 bridgehead atoms. The van der Waals surface area contributed by atoms with E-state index < -0.39 is 30.8 Å². The van der Waals surface area contributed by atoms with Crippen LogP contribution in [0.15, 0.2) is 60.8 Å². The van der Waals surface area contributed by atoms with E-state index >= 15 is 0 Å². The fourth-order valence-corrected chi connectivity index (χ4v) is 4.73. The van der Waals surface area contributed by atoms with Gasteiger partial charge in [0.25, 0.3) is 0 Å². The summed E-state index contributed by atoms with van der Waals surface area (Å²) in [7, 11) is 0. The van der Waals surface area contributed by atoms with Crippen LogP contribution < -0.4 is 5.32 Å². The van der Waals surface area contributed by atoms with Crippen LogP contribution in [0.4, 0.5) is 0 Å². The first-order valence-corrected chi connectivity index (χ1v) is 17.6. The number of hydrogen-bond donors (Lipinski definition) is 4. The third-order valence-corrected chi connectivity index (χ3v) is 7.57. The maximum atomic E-state index is 12.3. The maximum Gasteiger partial charge on any atom is 0.249 e. The normalized spacial score (nSPS) is 14.6. The Morgan fingerprint density at radius 3 is 1.56 bits per heavy atom. The van der Waals surface area contributed by atoms with Crippen LogP contribution in [0.5, 0.6) is 0 Å². The standard InChI is InChI=1S/C38H67NO4/c1-3-5-7-9-11-13-15-17-18-19-20-21-23-24-26-28-30-32-36(41)35(34-40)39-38(43)37(42)33-31-29-27-25-22-16-14-12-10-8-6-4-2/h18-19,22-25,29-32,35-37,40-42H,3-17,20-21,26-28,33-34H2,1-2H3,(H,39,43)/b19-18+,24-23+,25-22-,31-29-,32-30+. The van der Waals surface area contributed by atoms with Crippen molar-refractivity contribution in [2.75, 3.05) is 6.61 Å². The number of nitrogens with one attached hydrogen (secondary N) is 1. The molecule has 0 aliphatic rings. The molecule has 0 spiro atoms. The number of carbonyl (C=O) groups is 1. The van der Waals surface area contributed by atoms with Gasteiger partial charge in [0.2, 0.25) is 5.91 Å². The molecule has 4 N–H and O–H groups in total. The molecule has 5 nitrogen and oxygen atoms in total. The largest absolute Gasteiger partial charge is 0.394 e. The molecule has 0 rings (SSSR count). The first-order chi connectivity index (χ1) is 21.1. The topological polar surface area (TPSA) is 89.8 Å². The van der Waals surface area contributed by atoms with Gasteiger partial charge in [-0.05, 0) is 57.8 Å². The molecule has 0 heterocycles. The zero-order valence-electron chi connectivity index (χ0n) is 27.8. The summed E-state index contributed by atoms with van der Waals surface area (Å²) in [5, 5.41) is 32.7. The van der Waals surface area contributed by atoms with Crippen molar-refractivity contribution in [3.63, 3.8) is 0 Å². The van der Waals surface area contributed by atoms with E-state index in [0.29, 0.717) is 0 Å². The van der Waals surface area contributed by atoms with Gasteiger partial charge in [-0.3, -0.25) is 4.79 Å². The van der Waals surface area contributed by atoms with Crippen LogP contribution in [0, 0.1) is 0 Å². The van der Waals surface area contributed by atoms with Gasteiger partial charge >= 0.3 is 0 Å². The highest BCUT2D eigenvalue weighted by Gasteiger charge is 2.22. The summed E-state index contributed by atoms with van der Waals surface area (Å²) >= 11 is 0. The van der Waals surface area contributed by atoms with E-state index in [1.54, 1.807) is 12.2 Å². The van der Waals surface area contributed by atoms with Crippen LogP contribution in [-0.2, 0) is 4.79 Å². The summed E-state index contributed by atoms with van der Waals surface area (Å²) < 4.78 is 0. The molecule has 0 aromatic carbocycles. The number of allylic oxidation sites excluding steroid dienone is 8. The second-order valence-corrected chi connectivity index (χ2v) is 11.7. The lowest BCUT2D eigenvalue weighted by Gasteiger charge is -2.21. The highest BCUT2D eigenvalue weighted by Crippen LogP contribution is 2.10. The molecule has 0 radical (unpaired) electrons. The van der Waals surface area contributed by atoms with Crippen LogP contribution in [0.3, 0.4) is 0 Å². The summed E-state index contributed by atoms with van der Waals surface area (Å²) in [4.78, 5) is 12.3. The van der Waals surface area contributed by atoms with Crippen molar-refractivity contribution in [3.8, 4) is 0 Å². The molecule has 3 atom stereocenters. The predicted molar refractivity (Wildman–Crippen MR) is 185 cm³/mol. The van der Waals surface area contributed by atoms with Crippen LogP contribution in [0.2, 0.25) is 0 Å². The van der Waals surface area contributed by atoms with Crippen LogP contribution >= 0.6 is 0 Å². The molecule has 1 amide bonds. The monoisotopic (exact) mass is 602 g/mol. The van der Waals surface area contributed by atoms with Crippen LogP contribution in [0.1, 0.15) is 149 Å². The van der Waals surface area contributed by atoms with Gasteiger partial charge in [-0.1, -0.05) is 145 Å². The number of unbranched alkanes of at least 4 members (excludes halogenated alkanes) is 15. The van der Waals surface area contributed by atoms with Crippen molar-refractivity contribution < 1.29 is 20.1 Å². The Kier molecular flexibility index (Phi) is 31.5. The Hall–Kier alpha value is -1.95. The van der Waals surface area contributed by atoms with Crippen molar-refractivity contribution in [1.82, 2.24) is 5.32 Å². The molecular weight excluding hydrogens is 534 g/mol. The summed E-state index contributed by atoms with van der Waals surface area (Å²) in [6.45, 7) is 4.08. The number of aliphatic hydroxyl groups excluding tert-OH is 3. The first-order valence-electron chi connectivity index (χ1n) is 17.6. The summed E-state index contributed by atoms with van der Waals surface area (Å²) in [6.07, 6.45) is 42.5. The Bertz CT molecular complexity index is 755. The zero-order valence-corrected chi connectivity index (χ0v) is 27.8. The van der Waals surface area contributed by atoms with E-state index in [2.05, 4.69) is 55.6 Å².